The summed E-state index contributed by atoms with van der Waals surface area (Å²) in [5, 5.41) is 2.94. The number of urea groups is 1. The first-order valence-electron chi connectivity index (χ1n) is 8.32. The van der Waals surface area contributed by atoms with Crippen molar-refractivity contribution in [3.05, 3.63) is 78.9 Å². The first kappa shape index (κ1) is 16.8. The van der Waals surface area contributed by atoms with Crippen LogP contribution in [0, 0.1) is 0 Å². The summed E-state index contributed by atoms with van der Waals surface area (Å²) in [6.07, 6.45) is 5.35. The van der Waals surface area contributed by atoms with Gasteiger partial charge in [0.1, 0.15) is 0 Å². The molecule has 0 bridgehead atoms. The number of amides is 2. The molecular formula is C20H22N4O. The zero-order chi connectivity index (χ0) is 17.5. The molecule has 0 aliphatic heterocycles. The Bertz CT molecular complexity index is 800. The van der Waals surface area contributed by atoms with Gasteiger partial charge in [-0.05, 0) is 16.7 Å². The van der Waals surface area contributed by atoms with Crippen molar-refractivity contribution in [1.82, 2.24) is 19.8 Å². The number of hydrogen-bond acceptors (Lipinski definition) is 2. The van der Waals surface area contributed by atoms with Gasteiger partial charge in [0.25, 0.3) is 0 Å². The quantitative estimate of drug-likeness (QED) is 0.751. The molecule has 5 nitrogen and oxygen atoms in total. The van der Waals surface area contributed by atoms with Crippen LogP contribution in [0.5, 0.6) is 0 Å². The average molecular weight is 334 g/mol. The summed E-state index contributed by atoms with van der Waals surface area (Å²) < 4.78 is 1.94. The summed E-state index contributed by atoms with van der Waals surface area (Å²) in [6.45, 7) is 1.84. The normalized spacial score (nSPS) is 10.4. The van der Waals surface area contributed by atoms with Crippen molar-refractivity contribution < 1.29 is 4.79 Å². The van der Waals surface area contributed by atoms with Crippen LogP contribution in [0.3, 0.4) is 0 Å². The molecule has 0 spiro atoms. The number of nitrogens with zero attached hydrogens (tertiary/aromatic N) is 3. The Morgan fingerprint density at radius 2 is 1.88 bits per heavy atom. The fourth-order valence-electron chi connectivity index (χ4n) is 2.73. The van der Waals surface area contributed by atoms with Crippen LogP contribution in [0.1, 0.15) is 5.56 Å². The van der Waals surface area contributed by atoms with Crippen molar-refractivity contribution >= 4 is 6.03 Å². The average Bonchev–Trinajstić information content (AvgIpc) is 3.16. The lowest BCUT2D eigenvalue weighted by molar-refractivity contribution is 0.206. The summed E-state index contributed by atoms with van der Waals surface area (Å²) in [7, 11) is 1.81. The maximum atomic E-state index is 12.3. The molecule has 1 N–H and O–H groups in total. The Hall–Kier alpha value is -3.08. The molecule has 0 aliphatic carbocycles. The molecule has 0 atom stereocenters. The van der Waals surface area contributed by atoms with E-state index in [0.29, 0.717) is 19.6 Å². The lowest BCUT2D eigenvalue weighted by Crippen LogP contribution is -2.38. The first-order chi connectivity index (χ1) is 12.2. The number of rotatable bonds is 6. The SMILES string of the molecule is CN(Cc1ccccc1-c1ccccc1)C(=O)NCCn1ccnc1. The molecule has 25 heavy (non-hydrogen) atoms. The van der Waals surface area contributed by atoms with Gasteiger partial charge >= 0.3 is 6.03 Å². The van der Waals surface area contributed by atoms with E-state index in [1.54, 1.807) is 17.4 Å². The Balaban J connectivity index is 1.61. The van der Waals surface area contributed by atoms with E-state index >= 15 is 0 Å². The molecule has 0 radical (unpaired) electrons. The molecule has 0 aliphatic rings. The fraction of sp³-hybridized carbons (Fsp3) is 0.200. The maximum Gasteiger partial charge on any atom is 0.317 e. The van der Waals surface area contributed by atoms with Gasteiger partial charge in [-0.15, -0.1) is 0 Å². The number of benzene rings is 2. The smallest absolute Gasteiger partial charge is 0.317 e. The van der Waals surface area contributed by atoms with Crippen LogP contribution in [0.4, 0.5) is 4.79 Å². The molecule has 1 heterocycles. The minimum absolute atomic E-state index is 0.0806. The molecule has 2 amide bonds. The van der Waals surface area contributed by atoms with E-state index < -0.39 is 0 Å². The second-order valence-corrected chi connectivity index (χ2v) is 5.91. The van der Waals surface area contributed by atoms with Gasteiger partial charge in [-0.1, -0.05) is 54.6 Å². The van der Waals surface area contributed by atoms with Gasteiger partial charge < -0.3 is 14.8 Å². The van der Waals surface area contributed by atoms with Gasteiger partial charge in [0.05, 0.1) is 6.33 Å². The van der Waals surface area contributed by atoms with Crippen molar-refractivity contribution in [1.29, 1.82) is 0 Å². The van der Waals surface area contributed by atoms with Crippen LogP contribution in [0.15, 0.2) is 73.3 Å². The van der Waals surface area contributed by atoms with Crippen LogP contribution < -0.4 is 5.32 Å². The minimum Gasteiger partial charge on any atom is -0.336 e. The Morgan fingerprint density at radius 3 is 2.64 bits per heavy atom. The van der Waals surface area contributed by atoms with E-state index in [0.717, 1.165) is 16.7 Å². The highest BCUT2D eigenvalue weighted by Gasteiger charge is 2.11. The number of carbonyl (C=O) groups is 1. The molecule has 1 aromatic heterocycles. The maximum absolute atomic E-state index is 12.3. The highest BCUT2D eigenvalue weighted by atomic mass is 16.2. The van der Waals surface area contributed by atoms with Gasteiger partial charge in [0.2, 0.25) is 0 Å². The van der Waals surface area contributed by atoms with Crippen molar-refractivity contribution in [3.8, 4) is 11.1 Å². The lowest BCUT2D eigenvalue weighted by atomic mass is 9.99. The largest absolute Gasteiger partial charge is 0.336 e. The van der Waals surface area contributed by atoms with Gasteiger partial charge in [-0.25, -0.2) is 9.78 Å². The third-order valence-corrected chi connectivity index (χ3v) is 4.06. The van der Waals surface area contributed by atoms with E-state index in [1.165, 1.54) is 0 Å². The number of aromatic nitrogens is 2. The van der Waals surface area contributed by atoms with Gasteiger partial charge in [0, 0.05) is 39.1 Å². The van der Waals surface area contributed by atoms with Crippen LogP contribution in [-0.2, 0) is 13.1 Å². The molecule has 128 valence electrons. The second-order valence-electron chi connectivity index (χ2n) is 5.91. The lowest BCUT2D eigenvalue weighted by Gasteiger charge is -2.20. The topological polar surface area (TPSA) is 50.2 Å². The summed E-state index contributed by atoms with van der Waals surface area (Å²) in [6, 6.07) is 18.3. The summed E-state index contributed by atoms with van der Waals surface area (Å²) >= 11 is 0. The van der Waals surface area contributed by atoms with Crippen LogP contribution in [0.2, 0.25) is 0 Å². The number of imidazole rings is 1. The van der Waals surface area contributed by atoms with Crippen LogP contribution >= 0.6 is 0 Å². The van der Waals surface area contributed by atoms with Gasteiger partial charge in [-0.3, -0.25) is 0 Å². The van der Waals surface area contributed by atoms with E-state index in [2.05, 4.69) is 34.6 Å². The van der Waals surface area contributed by atoms with Crippen molar-refractivity contribution in [2.24, 2.45) is 0 Å². The van der Waals surface area contributed by atoms with Gasteiger partial charge in [0.15, 0.2) is 0 Å². The third-order valence-electron chi connectivity index (χ3n) is 4.06. The molecule has 0 saturated heterocycles. The van der Waals surface area contributed by atoms with E-state index in [1.807, 2.05) is 48.1 Å². The van der Waals surface area contributed by atoms with E-state index in [-0.39, 0.29) is 6.03 Å². The molecule has 3 aromatic rings. The third kappa shape index (κ3) is 4.47. The number of hydrogen-bond donors (Lipinski definition) is 1. The summed E-state index contributed by atoms with van der Waals surface area (Å²) in [4.78, 5) is 18.0. The number of nitrogens with one attached hydrogen (secondary N) is 1. The summed E-state index contributed by atoms with van der Waals surface area (Å²) in [5.74, 6) is 0. The first-order valence-corrected chi connectivity index (χ1v) is 8.32. The standard InChI is InChI=1S/C20H22N4O/c1-23(20(25)22-12-14-24-13-11-21-16-24)15-18-9-5-6-10-19(18)17-7-3-2-4-8-17/h2-11,13,16H,12,14-15H2,1H3,(H,22,25). The van der Waals surface area contributed by atoms with Crippen LogP contribution in [0.25, 0.3) is 11.1 Å². The van der Waals surface area contributed by atoms with Gasteiger partial charge in [-0.2, -0.15) is 0 Å². The molecule has 0 unspecified atom stereocenters. The van der Waals surface area contributed by atoms with Crippen molar-refractivity contribution in [3.63, 3.8) is 0 Å². The molecule has 0 saturated carbocycles. The molecule has 2 aromatic carbocycles. The van der Waals surface area contributed by atoms with Crippen LogP contribution in [-0.4, -0.2) is 34.1 Å². The fourth-order valence-corrected chi connectivity index (χ4v) is 2.73. The zero-order valence-electron chi connectivity index (χ0n) is 14.3. The molecule has 5 heteroatoms. The Labute approximate surface area is 147 Å². The second kappa shape index (κ2) is 8.15. The van der Waals surface area contributed by atoms with Crippen molar-refractivity contribution in [2.75, 3.05) is 13.6 Å². The molecular weight excluding hydrogens is 312 g/mol. The minimum atomic E-state index is -0.0806. The predicted molar refractivity (Wildman–Crippen MR) is 99.0 cm³/mol. The monoisotopic (exact) mass is 334 g/mol. The molecule has 0 fully saturated rings. The highest BCUT2D eigenvalue weighted by Crippen LogP contribution is 2.24. The summed E-state index contributed by atoms with van der Waals surface area (Å²) in [5.41, 5.74) is 3.44. The number of carbonyl (C=O) groups excluding carboxylic acids is 1. The Kier molecular flexibility index (Phi) is 5.46. The predicted octanol–water partition coefficient (Wildman–Crippen LogP) is 3.39. The highest BCUT2D eigenvalue weighted by molar-refractivity contribution is 5.74. The van der Waals surface area contributed by atoms with Crippen molar-refractivity contribution in [2.45, 2.75) is 13.1 Å². The van der Waals surface area contributed by atoms with E-state index in [4.69, 9.17) is 0 Å². The molecule has 3 rings (SSSR count). The zero-order valence-corrected chi connectivity index (χ0v) is 14.3. The Morgan fingerprint density at radius 1 is 1.12 bits per heavy atom. The van der Waals surface area contributed by atoms with E-state index in [9.17, 15) is 4.79 Å².